The highest BCUT2D eigenvalue weighted by Gasteiger charge is 2.14. The second-order valence-electron chi connectivity index (χ2n) is 6.84. The van der Waals surface area contributed by atoms with E-state index < -0.39 is 0 Å². The molecule has 2 aliphatic rings. The summed E-state index contributed by atoms with van der Waals surface area (Å²) in [6.45, 7) is 3.33. The SMILES string of the molecule is O=C(NCC1=CCNCC1)c1ccc(OCC2CCCCC2)cc1. The number of benzene rings is 1. The Morgan fingerprint density at radius 3 is 2.67 bits per heavy atom. The Kier molecular flexibility index (Phi) is 6.30. The van der Waals surface area contributed by atoms with Gasteiger partial charge in [0.25, 0.3) is 5.91 Å². The molecule has 0 saturated heterocycles. The molecule has 1 aliphatic heterocycles. The summed E-state index contributed by atoms with van der Waals surface area (Å²) in [5, 5.41) is 6.27. The van der Waals surface area contributed by atoms with Gasteiger partial charge in [0.1, 0.15) is 5.75 Å². The normalized spacial score (nSPS) is 18.8. The summed E-state index contributed by atoms with van der Waals surface area (Å²) in [7, 11) is 0. The summed E-state index contributed by atoms with van der Waals surface area (Å²) in [4.78, 5) is 12.2. The molecule has 0 unspecified atom stereocenters. The third-order valence-electron chi connectivity index (χ3n) is 4.96. The molecule has 1 amide bonds. The minimum Gasteiger partial charge on any atom is -0.493 e. The fourth-order valence-electron chi connectivity index (χ4n) is 3.40. The van der Waals surface area contributed by atoms with Gasteiger partial charge in [-0.15, -0.1) is 0 Å². The van der Waals surface area contributed by atoms with E-state index in [1.165, 1.54) is 37.7 Å². The van der Waals surface area contributed by atoms with Crippen molar-refractivity contribution in [2.45, 2.75) is 38.5 Å². The van der Waals surface area contributed by atoms with Crippen LogP contribution in [-0.2, 0) is 0 Å². The van der Waals surface area contributed by atoms with Crippen LogP contribution in [0, 0.1) is 5.92 Å². The second-order valence-corrected chi connectivity index (χ2v) is 6.84. The molecule has 3 rings (SSSR count). The lowest BCUT2D eigenvalue weighted by Gasteiger charge is -2.21. The molecular weight excluding hydrogens is 300 g/mol. The van der Waals surface area contributed by atoms with Gasteiger partial charge in [0.05, 0.1) is 6.61 Å². The van der Waals surface area contributed by atoms with E-state index in [2.05, 4.69) is 16.7 Å². The highest BCUT2D eigenvalue weighted by molar-refractivity contribution is 5.94. The molecular formula is C20H28N2O2. The Bertz CT molecular complexity index is 560. The number of nitrogens with one attached hydrogen (secondary N) is 2. The van der Waals surface area contributed by atoms with Crippen LogP contribution in [0.1, 0.15) is 48.9 Å². The molecule has 1 fully saturated rings. The van der Waals surface area contributed by atoms with E-state index in [9.17, 15) is 4.79 Å². The molecule has 0 atom stereocenters. The molecule has 4 heteroatoms. The minimum atomic E-state index is -0.0201. The zero-order valence-corrected chi connectivity index (χ0v) is 14.4. The number of hydrogen-bond acceptors (Lipinski definition) is 3. The summed E-state index contributed by atoms with van der Waals surface area (Å²) in [6.07, 6.45) is 9.77. The number of amides is 1. The van der Waals surface area contributed by atoms with Crippen LogP contribution < -0.4 is 15.4 Å². The summed E-state index contributed by atoms with van der Waals surface area (Å²) < 4.78 is 5.89. The maximum Gasteiger partial charge on any atom is 0.251 e. The first kappa shape index (κ1) is 17.0. The molecule has 0 spiro atoms. The molecule has 1 heterocycles. The van der Waals surface area contributed by atoms with Gasteiger partial charge in [-0.3, -0.25) is 4.79 Å². The molecule has 1 aliphatic carbocycles. The Morgan fingerprint density at radius 1 is 1.17 bits per heavy atom. The first-order valence-electron chi connectivity index (χ1n) is 9.21. The maximum atomic E-state index is 12.2. The third-order valence-corrected chi connectivity index (χ3v) is 4.96. The van der Waals surface area contributed by atoms with Crippen LogP contribution in [0.5, 0.6) is 5.75 Å². The molecule has 1 aromatic carbocycles. The Labute approximate surface area is 144 Å². The summed E-state index contributed by atoms with van der Waals surface area (Å²) in [6, 6.07) is 7.51. The highest BCUT2D eigenvalue weighted by atomic mass is 16.5. The van der Waals surface area contributed by atoms with Crippen LogP contribution in [0.25, 0.3) is 0 Å². The molecule has 1 saturated carbocycles. The van der Waals surface area contributed by atoms with Gasteiger partial charge in [0.2, 0.25) is 0 Å². The van der Waals surface area contributed by atoms with Crippen LogP contribution in [0.2, 0.25) is 0 Å². The van der Waals surface area contributed by atoms with Crippen molar-refractivity contribution in [1.82, 2.24) is 10.6 Å². The van der Waals surface area contributed by atoms with E-state index >= 15 is 0 Å². The van der Waals surface area contributed by atoms with E-state index in [0.717, 1.165) is 31.9 Å². The lowest BCUT2D eigenvalue weighted by atomic mass is 9.90. The predicted octanol–water partition coefficient (Wildman–Crippen LogP) is 3.30. The van der Waals surface area contributed by atoms with Gasteiger partial charge < -0.3 is 15.4 Å². The average molecular weight is 328 g/mol. The largest absolute Gasteiger partial charge is 0.493 e. The molecule has 4 nitrogen and oxygen atoms in total. The Morgan fingerprint density at radius 2 is 1.96 bits per heavy atom. The van der Waals surface area contributed by atoms with Crippen LogP contribution in [-0.4, -0.2) is 32.1 Å². The van der Waals surface area contributed by atoms with E-state index in [4.69, 9.17) is 4.74 Å². The first-order valence-corrected chi connectivity index (χ1v) is 9.21. The molecule has 1 aromatic rings. The van der Waals surface area contributed by atoms with Crippen molar-refractivity contribution >= 4 is 5.91 Å². The van der Waals surface area contributed by atoms with Gasteiger partial charge in [-0.25, -0.2) is 0 Å². The Hall–Kier alpha value is -1.81. The smallest absolute Gasteiger partial charge is 0.251 e. The zero-order chi connectivity index (χ0) is 16.6. The third kappa shape index (κ3) is 5.10. The lowest BCUT2D eigenvalue weighted by molar-refractivity contribution is 0.0956. The van der Waals surface area contributed by atoms with Crippen molar-refractivity contribution in [1.29, 1.82) is 0 Å². The summed E-state index contributed by atoms with van der Waals surface area (Å²) in [5.74, 6) is 1.53. The number of hydrogen-bond donors (Lipinski definition) is 2. The average Bonchev–Trinajstić information content (AvgIpc) is 2.66. The summed E-state index contributed by atoms with van der Waals surface area (Å²) in [5.41, 5.74) is 1.99. The van der Waals surface area contributed by atoms with Crippen LogP contribution >= 0.6 is 0 Å². The van der Waals surface area contributed by atoms with Gasteiger partial charge in [0.15, 0.2) is 0 Å². The topological polar surface area (TPSA) is 50.4 Å². The molecule has 0 radical (unpaired) electrons. The van der Waals surface area contributed by atoms with Gasteiger partial charge in [-0.2, -0.15) is 0 Å². The predicted molar refractivity (Wildman–Crippen MR) is 96.4 cm³/mol. The number of rotatable bonds is 6. The molecule has 130 valence electrons. The lowest BCUT2D eigenvalue weighted by Crippen LogP contribution is -2.29. The second kappa shape index (κ2) is 8.88. The van der Waals surface area contributed by atoms with Crippen molar-refractivity contribution in [2.75, 3.05) is 26.2 Å². The van der Waals surface area contributed by atoms with E-state index in [-0.39, 0.29) is 5.91 Å². The van der Waals surface area contributed by atoms with Crippen LogP contribution in [0.15, 0.2) is 35.9 Å². The monoisotopic (exact) mass is 328 g/mol. The van der Waals surface area contributed by atoms with E-state index in [0.29, 0.717) is 18.0 Å². The van der Waals surface area contributed by atoms with E-state index in [1.807, 2.05) is 24.3 Å². The van der Waals surface area contributed by atoms with Gasteiger partial charge in [0, 0.05) is 18.7 Å². The number of carbonyl (C=O) groups is 1. The van der Waals surface area contributed by atoms with Gasteiger partial charge in [-0.1, -0.05) is 30.9 Å². The standard InChI is InChI=1S/C20H28N2O2/c23-20(22-14-16-10-12-21-13-11-16)18-6-8-19(9-7-18)24-15-17-4-2-1-3-5-17/h6-10,17,21H,1-5,11-15H2,(H,22,23). The fourth-order valence-corrected chi connectivity index (χ4v) is 3.40. The molecule has 0 bridgehead atoms. The minimum absolute atomic E-state index is 0.0201. The Balaban J connectivity index is 1.44. The number of carbonyl (C=O) groups excluding carboxylic acids is 1. The van der Waals surface area contributed by atoms with Gasteiger partial charge in [-0.05, 0) is 56.0 Å². The molecule has 0 aromatic heterocycles. The first-order chi connectivity index (χ1) is 11.8. The van der Waals surface area contributed by atoms with Crippen molar-refractivity contribution in [3.8, 4) is 5.75 Å². The number of ether oxygens (including phenoxy) is 1. The zero-order valence-electron chi connectivity index (χ0n) is 14.4. The molecule has 24 heavy (non-hydrogen) atoms. The van der Waals surface area contributed by atoms with Crippen LogP contribution in [0.4, 0.5) is 0 Å². The molecule has 2 N–H and O–H groups in total. The summed E-state index contributed by atoms with van der Waals surface area (Å²) >= 11 is 0. The van der Waals surface area contributed by atoms with E-state index in [1.54, 1.807) is 0 Å². The van der Waals surface area contributed by atoms with Crippen LogP contribution in [0.3, 0.4) is 0 Å². The fraction of sp³-hybridized carbons (Fsp3) is 0.550. The van der Waals surface area contributed by atoms with Gasteiger partial charge >= 0.3 is 0 Å². The van der Waals surface area contributed by atoms with Crippen molar-refractivity contribution in [3.63, 3.8) is 0 Å². The van der Waals surface area contributed by atoms with Crippen molar-refractivity contribution < 1.29 is 9.53 Å². The quantitative estimate of drug-likeness (QED) is 0.788. The highest BCUT2D eigenvalue weighted by Crippen LogP contribution is 2.24. The van der Waals surface area contributed by atoms with Crippen molar-refractivity contribution in [3.05, 3.63) is 41.5 Å². The van der Waals surface area contributed by atoms with Crippen molar-refractivity contribution in [2.24, 2.45) is 5.92 Å². The maximum absolute atomic E-state index is 12.2.